The molecule has 0 aliphatic carbocycles. The molecular formula is C21H18INO. The van der Waals surface area contributed by atoms with Crippen LogP contribution in [0.5, 0.6) is 5.75 Å². The third-order valence-electron chi connectivity index (χ3n) is 4.63. The SMILES string of the molecule is Oc1ccc(N2c3ccccc3CCC2c2ccc(I)cc2)cc1. The molecule has 2 nitrogen and oxygen atoms in total. The number of phenols is 1. The van der Waals surface area contributed by atoms with Gasteiger partial charge in [0, 0.05) is 14.9 Å². The van der Waals surface area contributed by atoms with Crippen molar-refractivity contribution in [3.63, 3.8) is 0 Å². The molecule has 24 heavy (non-hydrogen) atoms. The van der Waals surface area contributed by atoms with Gasteiger partial charge in [0.15, 0.2) is 0 Å². The van der Waals surface area contributed by atoms with Crippen LogP contribution in [0.3, 0.4) is 0 Å². The summed E-state index contributed by atoms with van der Waals surface area (Å²) in [5.41, 5.74) is 5.09. The van der Waals surface area contributed by atoms with E-state index in [9.17, 15) is 5.11 Å². The topological polar surface area (TPSA) is 23.5 Å². The molecule has 0 saturated carbocycles. The van der Waals surface area contributed by atoms with Crippen molar-refractivity contribution in [3.8, 4) is 5.75 Å². The van der Waals surface area contributed by atoms with Crippen LogP contribution in [0.2, 0.25) is 0 Å². The average Bonchev–Trinajstić information content (AvgIpc) is 2.62. The summed E-state index contributed by atoms with van der Waals surface area (Å²) in [6.45, 7) is 0. The maximum atomic E-state index is 9.64. The molecule has 0 radical (unpaired) electrons. The van der Waals surface area contributed by atoms with Gasteiger partial charge in [-0.3, -0.25) is 0 Å². The fourth-order valence-electron chi connectivity index (χ4n) is 3.48. The van der Waals surface area contributed by atoms with E-state index in [1.54, 1.807) is 12.1 Å². The molecule has 1 N–H and O–H groups in total. The standard InChI is InChI=1S/C21H18INO/c22-17-8-5-16(6-9-17)21-14-7-15-3-1-2-4-20(15)23(21)18-10-12-19(24)13-11-18/h1-6,8-13,21,24H,7,14H2. The van der Waals surface area contributed by atoms with Gasteiger partial charge in [-0.2, -0.15) is 0 Å². The van der Waals surface area contributed by atoms with E-state index in [1.165, 1.54) is 20.4 Å². The van der Waals surface area contributed by atoms with Crippen molar-refractivity contribution >= 4 is 34.0 Å². The zero-order valence-corrected chi connectivity index (χ0v) is 15.3. The predicted octanol–water partition coefficient (Wildman–Crippen LogP) is 5.82. The number of benzene rings is 3. The van der Waals surface area contributed by atoms with Crippen molar-refractivity contribution in [1.29, 1.82) is 0 Å². The molecule has 120 valence electrons. The summed E-state index contributed by atoms with van der Waals surface area (Å²) >= 11 is 2.35. The number of anilines is 2. The maximum absolute atomic E-state index is 9.64. The van der Waals surface area contributed by atoms with Crippen LogP contribution in [-0.4, -0.2) is 5.11 Å². The van der Waals surface area contributed by atoms with E-state index in [0.29, 0.717) is 11.8 Å². The first-order chi connectivity index (χ1) is 11.7. The lowest BCUT2D eigenvalue weighted by Crippen LogP contribution is -2.29. The van der Waals surface area contributed by atoms with Crippen molar-refractivity contribution in [2.45, 2.75) is 18.9 Å². The third-order valence-corrected chi connectivity index (χ3v) is 5.35. The molecule has 0 bridgehead atoms. The van der Waals surface area contributed by atoms with E-state index in [-0.39, 0.29) is 0 Å². The lowest BCUT2D eigenvalue weighted by atomic mass is 9.90. The van der Waals surface area contributed by atoms with Gasteiger partial charge in [-0.25, -0.2) is 0 Å². The zero-order valence-electron chi connectivity index (χ0n) is 13.2. The Labute approximate surface area is 155 Å². The quantitative estimate of drug-likeness (QED) is 0.521. The lowest BCUT2D eigenvalue weighted by Gasteiger charge is -2.39. The van der Waals surface area contributed by atoms with Crippen LogP contribution in [0.4, 0.5) is 11.4 Å². The molecule has 1 heterocycles. The summed E-state index contributed by atoms with van der Waals surface area (Å²) < 4.78 is 1.25. The number of nitrogens with zero attached hydrogens (tertiary/aromatic N) is 1. The van der Waals surface area contributed by atoms with Gasteiger partial charge in [-0.1, -0.05) is 30.3 Å². The van der Waals surface area contributed by atoms with Crippen LogP contribution < -0.4 is 4.90 Å². The van der Waals surface area contributed by atoms with Gasteiger partial charge in [0.25, 0.3) is 0 Å². The molecule has 4 rings (SSSR count). The molecule has 3 aromatic carbocycles. The minimum atomic E-state index is 0.301. The number of aryl methyl sites for hydroxylation is 1. The van der Waals surface area contributed by atoms with Crippen LogP contribution in [0, 0.1) is 3.57 Å². The van der Waals surface area contributed by atoms with E-state index in [0.717, 1.165) is 18.5 Å². The number of fused-ring (bicyclic) bond motifs is 1. The third kappa shape index (κ3) is 2.88. The van der Waals surface area contributed by atoms with Crippen molar-refractivity contribution in [2.24, 2.45) is 0 Å². The van der Waals surface area contributed by atoms with E-state index >= 15 is 0 Å². The molecule has 1 atom stereocenters. The highest BCUT2D eigenvalue weighted by Gasteiger charge is 2.28. The van der Waals surface area contributed by atoms with Gasteiger partial charge in [-0.15, -0.1) is 0 Å². The number of phenolic OH excluding ortho intramolecular Hbond substituents is 1. The molecule has 0 aromatic heterocycles. The van der Waals surface area contributed by atoms with Gasteiger partial charge >= 0.3 is 0 Å². The second kappa shape index (κ2) is 6.48. The molecular weight excluding hydrogens is 409 g/mol. The number of halogens is 1. The Morgan fingerprint density at radius 3 is 2.33 bits per heavy atom. The number of para-hydroxylation sites is 1. The van der Waals surface area contributed by atoms with E-state index in [1.807, 2.05) is 12.1 Å². The highest BCUT2D eigenvalue weighted by Crippen LogP contribution is 2.43. The average molecular weight is 427 g/mol. The monoisotopic (exact) mass is 427 g/mol. The summed E-state index contributed by atoms with van der Waals surface area (Å²) in [6.07, 6.45) is 2.17. The van der Waals surface area contributed by atoms with Crippen LogP contribution >= 0.6 is 22.6 Å². The van der Waals surface area contributed by atoms with E-state index in [2.05, 4.69) is 76.0 Å². The maximum Gasteiger partial charge on any atom is 0.115 e. The Kier molecular flexibility index (Phi) is 4.19. The summed E-state index contributed by atoms with van der Waals surface area (Å²) in [5, 5.41) is 9.64. The van der Waals surface area contributed by atoms with Crippen molar-refractivity contribution in [2.75, 3.05) is 4.90 Å². The van der Waals surface area contributed by atoms with E-state index < -0.39 is 0 Å². The normalized spacial score (nSPS) is 16.7. The molecule has 3 aromatic rings. The van der Waals surface area contributed by atoms with Crippen LogP contribution in [0.15, 0.2) is 72.8 Å². The predicted molar refractivity (Wildman–Crippen MR) is 107 cm³/mol. The highest BCUT2D eigenvalue weighted by molar-refractivity contribution is 14.1. The van der Waals surface area contributed by atoms with Gasteiger partial charge in [0.1, 0.15) is 5.75 Å². The largest absolute Gasteiger partial charge is 0.508 e. The van der Waals surface area contributed by atoms with Gasteiger partial charge in [0.2, 0.25) is 0 Å². The highest BCUT2D eigenvalue weighted by atomic mass is 127. The smallest absolute Gasteiger partial charge is 0.115 e. The molecule has 0 fully saturated rings. The second-order valence-corrected chi connectivity index (χ2v) is 7.37. The minimum absolute atomic E-state index is 0.301. The molecule has 1 aliphatic rings. The Morgan fingerprint density at radius 2 is 1.58 bits per heavy atom. The van der Waals surface area contributed by atoms with Gasteiger partial charge in [-0.05, 0) is 89.0 Å². The van der Waals surface area contributed by atoms with Crippen molar-refractivity contribution in [1.82, 2.24) is 0 Å². The first-order valence-corrected chi connectivity index (χ1v) is 9.22. The molecule has 0 amide bonds. The molecule has 3 heteroatoms. The number of hydrogen-bond acceptors (Lipinski definition) is 2. The Hall–Kier alpha value is -2.01. The number of hydrogen-bond donors (Lipinski definition) is 1. The van der Waals surface area contributed by atoms with Crippen LogP contribution in [0.1, 0.15) is 23.6 Å². The first-order valence-electron chi connectivity index (χ1n) is 8.14. The summed E-state index contributed by atoms with van der Waals surface area (Å²) in [5.74, 6) is 0.301. The lowest BCUT2D eigenvalue weighted by molar-refractivity contribution is 0.475. The fourth-order valence-corrected chi connectivity index (χ4v) is 3.84. The Morgan fingerprint density at radius 1 is 0.875 bits per heavy atom. The summed E-state index contributed by atoms with van der Waals surface area (Å²) in [4.78, 5) is 2.40. The molecule has 0 saturated heterocycles. The molecule has 1 aliphatic heterocycles. The number of rotatable bonds is 2. The zero-order chi connectivity index (χ0) is 16.5. The second-order valence-electron chi connectivity index (χ2n) is 6.12. The fraction of sp³-hybridized carbons (Fsp3) is 0.143. The van der Waals surface area contributed by atoms with Crippen LogP contribution in [0.25, 0.3) is 0 Å². The Bertz CT molecular complexity index is 842. The molecule has 1 unspecified atom stereocenters. The van der Waals surface area contributed by atoms with E-state index in [4.69, 9.17) is 0 Å². The molecule has 0 spiro atoms. The minimum Gasteiger partial charge on any atom is -0.508 e. The first kappa shape index (κ1) is 15.5. The van der Waals surface area contributed by atoms with Gasteiger partial charge in [0.05, 0.1) is 6.04 Å². The number of aromatic hydroxyl groups is 1. The summed E-state index contributed by atoms with van der Waals surface area (Å²) in [6, 6.07) is 25.2. The van der Waals surface area contributed by atoms with Crippen molar-refractivity contribution in [3.05, 3.63) is 87.5 Å². The van der Waals surface area contributed by atoms with Gasteiger partial charge < -0.3 is 10.0 Å². The van der Waals surface area contributed by atoms with Crippen LogP contribution in [-0.2, 0) is 6.42 Å². The van der Waals surface area contributed by atoms with Crippen molar-refractivity contribution < 1.29 is 5.11 Å². The summed E-state index contributed by atoms with van der Waals surface area (Å²) in [7, 11) is 0. The Balaban J connectivity index is 1.83.